The smallest absolute Gasteiger partial charge is 0.256 e. The van der Waals surface area contributed by atoms with Gasteiger partial charge in [-0.1, -0.05) is 59.8 Å². The summed E-state index contributed by atoms with van der Waals surface area (Å²) in [4.78, 5) is 20.5. The van der Waals surface area contributed by atoms with E-state index >= 15 is 0 Å². The molecule has 0 bridgehead atoms. The summed E-state index contributed by atoms with van der Waals surface area (Å²) >= 11 is 3.61. The van der Waals surface area contributed by atoms with Crippen molar-refractivity contribution in [3.8, 4) is 0 Å². The van der Waals surface area contributed by atoms with Gasteiger partial charge in [0.2, 0.25) is 0 Å². The number of rotatable bonds is 3. The van der Waals surface area contributed by atoms with E-state index in [1.807, 2.05) is 11.8 Å². The number of hydrogen-bond donors (Lipinski definition) is 2. The molecule has 2 aromatic carbocycles. The van der Waals surface area contributed by atoms with E-state index in [-0.39, 0.29) is 24.0 Å². The molecule has 0 radical (unpaired) electrons. The van der Waals surface area contributed by atoms with Gasteiger partial charge in [0.15, 0.2) is 5.17 Å². The number of amides is 1. The van der Waals surface area contributed by atoms with Gasteiger partial charge in [0, 0.05) is 22.4 Å². The van der Waals surface area contributed by atoms with E-state index in [0.717, 1.165) is 10.9 Å². The van der Waals surface area contributed by atoms with Crippen molar-refractivity contribution in [2.45, 2.75) is 29.3 Å². The fourth-order valence-electron chi connectivity index (χ4n) is 4.07. The molecule has 5 rings (SSSR count). The molecule has 3 aliphatic heterocycles. The van der Waals surface area contributed by atoms with Gasteiger partial charge in [-0.2, -0.15) is 4.99 Å². The molecule has 0 spiro atoms. The first kappa shape index (κ1) is 18.2. The van der Waals surface area contributed by atoms with Crippen molar-refractivity contribution in [1.29, 1.82) is 0 Å². The Bertz CT molecular complexity index is 902. The van der Waals surface area contributed by atoms with Crippen LogP contribution < -0.4 is 10.9 Å². The van der Waals surface area contributed by atoms with Crippen LogP contribution in [0.1, 0.15) is 17.2 Å². The maximum Gasteiger partial charge on any atom is 0.256 e. The third kappa shape index (κ3) is 3.26. The van der Waals surface area contributed by atoms with Crippen LogP contribution in [-0.2, 0) is 4.79 Å². The van der Waals surface area contributed by atoms with Crippen molar-refractivity contribution in [3.63, 3.8) is 0 Å². The second-order valence-electron chi connectivity index (χ2n) is 7.35. The number of hydrazine groups is 1. The SMILES string of the molecule is Cc1ccc(SC2CSC3=NC(=O)C4CNNC4N3C2c2ccccc2)cc1. The summed E-state index contributed by atoms with van der Waals surface area (Å²) in [6.07, 6.45) is -0.0564. The monoisotopic (exact) mass is 410 g/mol. The van der Waals surface area contributed by atoms with Gasteiger partial charge in [-0.25, -0.2) is 5.43 Å². The minimum absolute atomic E-state index is 0.0160. The van der Waals surface area contributed by atoms with E-state index in [0.29, 0.717) is 11.8 Å². The number of aliphatic imine (C=N–C) groups is 1. The largest absolute Gasteiger partial charge is 0.325 e. The lowest BCUT2D eigenvalue weighted by Crippen LogP contribution is -2.58. The van der Waals surface area contributed by atoms with Crippen LogP contribution in [0.4, 0.5) is 0 Å². The molecular weight excluding hydrogens is 388 g/mol. The minimum Gasteiger partial charge on any atom is -0.325 e. The highest BCUT2D eigenvalue weighted by molar-refractivity contribution is 8.14. The van der Waals surface area contributed by atoms with Crippen molar-refractivity contribution >= 4 is 34.6 Å². The highest BCUT2D eigenvalue weighted by Gasteiger charge is 2.49. The quantitative estimate of drug-likeness (QED) is 0.811. The molecule has 2 saturated heterocycles. The van der Waals surface area contributed by atoms with Gasteiger partial charge < -0.3 is 4.90 Å². The summed E-state index contributed by atoms with van der Waals surface area (Å²) in [5.74, 6) is 0.766. The molecule has 4 atom stereocenters. The number of carbonyl (C=O) groups is 1. The number of thioether (sulfide) groups is 2. The molecule has 144 valence electrons. The molecule has 7 heteroatoms. The Morgan fingerprint density at radius 2 is 1.93 bits per heavy atom. The number of fused-ring (bicyclic) bond motifs is 3. The van der Waals surface area contributed by atoms with Gasteiger partial charge in [0.25, 0.3) is 5.91 Å². The number of hydrogen-bond acceptors (Lipinski definition) is 6. The summed E-state index contributed by atoms with van der Waals surface area (Å²) in [6, 6.07) is 19.5. The molecule has 3 aliphatic rings. The lowest BCUT2D eigenvalue weighted by molar-refractivity contribution is -0.123. The molecule has 5 nitrogen and oxygen atoms in total. The Balaban J connectivity index is 1.54. The van der Waals surface area contributed by atoms with Crippen LogP contribution in [0.25, 0.3) is 0 Å². The summed E-state index contributed by atoms with van der Waals surface area (Å²) < 4.78 is 0. The van der Waals surface area contributed by atoms with Crippen molar-refractivity contribution in [2.75, 3.05) is 12.3 Å². The average Bonchev–Trinajstić information content (AvgIpc) is 3.21. The van der Waals surface area contributed by atoms with E-state index in [1.54, 1.807) is 11.8 Å². The Kier molecular flexibility index (Phi) is 4.92. The van der Waals surface area contributed by atoms with Crippen LogP contribution in [0, 0.1) is 12.8 Å². The molecule has 3 heterocycles. The molecule has 0 aliphatic carbocycles. The van der Waals surface area contributed by atoms with Crippen LogP contribution >= 0.6 is 23.5 Å². The van der Waals surface area contributed by atoms with Gasteiger partial charge in [0.05, 0.1) is 12.0 Å². The summed E-state index contributed by atoms with van der Waals surface area (Å²) in [7, 11) is 0. The van der Waals surface area contributed by atoms with Crippen LogP contribution in [0.2, 0.25) is 0 Å². The summed E-state index contributed by atoms with van der Waals surface area (Å²) in [5, 5.41) is 1.20. The third-order valence-electron chi connectivity index (χ3n) is 5.47. The van der Waals surface area contributed by atoms with Crippen molar-refractivity contribution in [2.24, 2.45) is 10.9 Å². The van der Waals surface area contributed by atoms with Crippen molar-refractivity contribution < 1.29 is 4.79 Å². The van der Waals surface area contributed by atoms with Crippen molar-refractivity contribution in [3.05, 3.63) is 65.7 Å². The van der Waals surface area contributed by atoms with Crippen LogP contribution in [0.5, 0.6) is 0 Å². The van der Waals surface area contributed by atoms with Crippen LogP contribution in [-0.4, -0.2) is 39.7 Å². The summed E-state index contributed by atoms with van der Waals surface area (Å²) in [5.41, 5.74) is 9.04. The predicted octanol–water partition coefficient (Wildman–Crippen LogP) is 3.19. The Morgan fingerprint density at radius 3 is 2.71 bits per heavy atom. The topological polar surface area (TPSA) is 56.7 Å². The second kappa shape index (κ2) is 7.55. The van der Waals surface area contributed by atoms with Gasteiger partial charge in [-0.05, 0) is 24.6 Å². The molecule has 2 aromatic rings. The number of nitrogens with zero attached hydrogens (tertiary/aromatic N) is 2. The highest BCUT2D eigenvalue weighted by Crippen LogP contribution is 2.46. The average molecular weight is 411 g/mol. The Labute approximate surface area is 173 Å². The second-order valence-corrected chi connectivity index (χ2v) is 9.65. The zero-order chi connectivity index (χ0) is 19.1. The number of nitrogens with one attached hydrogen (secondary N) is 2. The molecule has 0 aromatic heterocycles. The molecule has 4 unspecified atom stereocenters. The Hall–Kier alpha value is -1.80. The lowest BCUT2D eigenvalue weighted by atomic mass is 9.97. The fraction of sp³-hybridized carbons (Fsp3) is 0.333. The number of benzene rings is 2. The highest BCUT2D eigenvalue weighted by atomic mass is 32.2. The van der Waals surface area contributed by atoms with E-state index in [1.165, 1.54) is 16.0 Å². The first-order valence-electron chi connectivity index (χ1n) is 9.51. The van der Waals surface area contributed by atoms with Gasteiger partial charge in [-0.3, -0.25) is 10.2 Å². The predicted molar refractivity (Wildman–Crippen MR) is 115 cm³/mol. The maximum absolute atomic E-state index is 12.5. The molecule has 28 heavy (non-hydrogen) atoms. The van der Waals surface area contributed by atoms with Gasteiger partial charge in [-0.15, -0.1) is 11.8 Å². The molecule has 2 N–H and O–H groups in total. The standard InChI is InChI=1S/C21H22N4OS2/c1-13-7-9-15(10-8-13)28-17-12-27-21-23-20(26)16-11-22-24-19(16)25(21)18(17)14-5-3-2-4-6-14/h2-10,16-19,22,24H,11-12H2,1H3. The molecule has 1 amide bonds. The minimum atomic E-state index is -0.140. The summed E-state index contributed by atoms with van der Waals surface area (Å²) in [6.45, 7) is 2.74. The molecular formula is C21H22N4OS2. The third-order valence-corrected chi connectivity index (χ3v) is 8.04. The maximum atomic E-state index is 12.5. The zero-order valence-electron chi connectivity index (χ0n) is 15.5. The van der Waals surface area contributed by atoms with E-state index in [4.69, 9.17) is 0 Å². The molecule has 2 fully saturated rings. The lowest BCUT2D eigenvalue weighted by Gasteiger charge is -2.48. The number of amidine groups is 1. The van der Waals surface area contributed by atoms with Crippen molar-refractivity contribution in [1.82, 2.24) is 15.8 Å². The normalized spacial score (nSPS) is 29.2. The first-order valence-corrected chi connectivity index (χ1v) is 11.4. The number of aryl methyl sites for hydroxylation is 1. The first-order chi connectivity index (χ1) is 13.7. The van der Waals surface area contributed by atoms with Crippen LogP contribution in [0.15, 0.2) is 64.5 Å². The van der Waals surface area contributed by atoms with Crippen LogP contribution in [0.3, 0.4) is 0 Å². The van der Waals surface area contributed by atoms with Gasteiger partial charge in [0.1, 0.15) is 6.17 Å². The zero-order valence-corrected chi connectivity index (χ0v) is 17.2. The fourth-order valence-corrected chi connectivity index (χ4v) is 6.63. The molecule has 0 saturated carbocycles. The van der Waals surface area contributed by atoms with E-state index in [2.05, 4.69) is 82.3 Å². The van der Waals surface area contributed by atoms with E-state index in [9.17, 15) is 4.79 Å². The van der Waals surface area contributed by atoms with E-state index < -0.39 is 0 Å². The van der Waals surface area contributed by atoms with Gasteiger partial charge >= 0.3 is 0 Å². The number of carbonyl (C=O) groups excluding carboxylic acids is 1. The Morgan fingerprint density at radius 1 is 1.14 bits per heavy atom.